The van der Waals surface area contributed by atoms with Crippen molar-refractivity contribution in [3.63, 3.8) is 0 Å². The number of ether oxygens (including phenoxy) is 1. The standard InChI is InChI=1S/C15H26N4O2/c1-15(2,3)21-14(20)19-7-5-12(11-19)9-16-10-13-17-6-8-18(13)4/h6,8,12,16H,5,7,9-11H2,1-4H3. The largest absolute Gasteiger partial charge is 0.444 e. The van der Waals surface area contributed by atoms with Gasteiger partial charge in [0, 0.05) is 39.1 Å². The summed E-state index contributed by atoms with van der Waals surface area (Å²) in [5.41, 5.74) is -0.425. The minimum absolute atomic E-state index is 0.200. The first-order valence-corrected chi connectivity index (χ1v) is 7.50. The smallest absolute Gasteiger partial charge is 0.410 e. The van der Waals surface area contributed by atoms with E-state index in [1.165, 1.54) is 0 Å². The van der Waals surface area contributed by atoms with Gasteiger partial charge in [-0.3, -0.25) is 0 Å². The van der Waals surface area contributed by atoms with Gasteiger partial charge in [-0.05, 0) is 33.1 Å². The fourth-order valence-corrected chi connectivity index (χ4v) is 2.45. The summed E-state index contributed by atoms with van der Waals surface area (Å²) in [5.74, 6) is 1.51. The lowest BCUT2D eigenvalue weighted by Crippen LogP contribution is -2.36. The summed E-state index contributed by atoms with van der Waals surface area (Å²) in [6.45, 7) is 8.89. The number of nitrogens with zero attached hydrogens (tertiary/aromatic N) is 3. The number of aromatic nitrogens is 2. The van der Waals surface area contributed by atoms with E-state index in [1.54, 1.807) is 11.1 Å². The van der Waals surface area contributed by atoms with E-state index in [0.29, 0.717) is 5.92 Å². The van der Waals surface area contributed by atoms with Crippen LogP contribution in [0.3, 0.4) is 0 Å². The molecular weight excluding hydrogens is 268 g/mol. The second kappa shape index (κ2) is 6.47. The normalized spacial score (nSPS) is 19.0. The number of nitrogens with one attached hydrogen (secondary N) is 1. The summed E-state index contributed by atoms with van der Waals surface area (Å²) in [5, 5.41) is 3.42. The Bertz CT molecular complexity index is 478. The van der Waals surface area contributed by atoms with Crippen LogP contribution in [0, 0.1) is 5.92 Å². The van der Waals surface area contributed by atoms with Gasteiger partial charge in [-0.2, -0.15) is 0 Å². The minimum atomic E-state index is -0.425. The highest BCUT2D eigenvalue weighted by Crippen LogP contribution is 2.19. The number of carbonyl (C=O) groups is 1. The Morgan fingerprint density at radius 2 is 2.29 bits per heavy atom. The molecule has 6 heteroatoms. The molecule has 0 bridgehead atoms. The highest BCUT2D eigenvalue weighted by atomic mass is 16.6. The molecule has 1 unspecified atom stereocenters. The molecule has 1 aromatic rings. The van der Waals surface area contributed by atoms with Crippen molar-refractivity contribution in [3.05, 3.63) is 18.2 Å². The Balaban J connectivity index is 1.70. The molecule has 0 aliphatic carbocycles. The summed E-state index contributed by atoms with van der Waals surface area (Å²) in [6, 6.07) is 0. The number of aryl methyl sites for hydroxylation is 1. The van der Waals surface area contributed by atoms with Gasteiger partial charge in [-0.25, -0.2) is 9.78 Å². The van der Waals surface area contributed by atoms with Crippen molar-refractivity contribution in [3.8, 4) is 0 Å². The second-order valence-corrected chi connectivity index (χ2v) is 6.67. The number of rotatable bonds is 4. The van der Waals surface area contributed by atoms with Gasteiger partial charge in [0.15, 0.2) is 0 Å². The molecule has 1 aliphatic rings. The quantitative estimate of drug-likeness (QED) is 0.919. The molecule has 118 valence electrons. The van der Waals surface area contributed by atoms with Gasteiger partial charge >= 0.3 is 6.09 Å². The Labute approximate surface area is 126 Å². The number of hydrogen-bond acceptors (Lipinski definition) is 4. The molecule has 21 heavy (non-hydrogen) atoms. The fourth-order valence-electron chi connectivity index (χ4n) is 2.45. The van der Waals surface area contributed by atoms with Crippen LogP contribution >= 0.6 is 0 Å². The molecule has 0 aromatic carbocycles. The molecule has 0 radical (unpaired) electrons. The first-order valence-electron chi connectivity index (χ1n) is 7.50. The van der Waals surface area contributed by atoms with Crippen LogP contribution in [0.5, 0.6) is 0 Å². The van der Waals surface area contributed by atoms with E-state index in [2.05, 4.69) is 10.3 Å². The highest BCUT2D eigenvalue weighted by Gasteiger charge is 2.29. The molecule has 1 amide bonds. The van der Waals surface area contributed by atoms with E-state index >= 15 is 0 Å². The third kappa shape index (κ3) is 4.74. The number of carbonyl (C=O) groups excluding carboxylic acids is 1. The molecule has 2 rings (SSSR count). The van der Waals surface area contributed by atoms with Crippen molar-refractivity contribution >= 4 is 6.09 Å². The average molecular weight is 294 g/mol. The van der Waals surface area contributed by atoms with Gasteiger partial charge in [-0.1, -0.05) is 0 Å². The molecule has 1 atom stereocenters. The van der Waals surface area contributed by atoms with Gasteiger partial charge in [0.2, 0.25) is 0 Å². The van der Waals surface area contributed by atoms with Crippen LogP contribution < -0.4 is 5.32 Å². The third-order valence-corrected chi connectivity index (χ3v) is 3.57. The highest BCUT2D eigenvalue weighted by molar-refractivity contribution is 5.68. The summed E-state index contributed by atoms with van der Waals surface area (Å²) < 4.78 is 7.41. The van der Waals surface area contributed by atoms with Gasteiger partial charge in [-0.15, -0.1) is 0 Å². The van der Waals surface area contributed by atoms with Crippen LogP contribution in [0.15, 0.2) is 12.4 Å². The SMILES string of the molecule is Cn1ccnc1CNCC1CCN(C(=O)OC(C)(C)C)C1. The summed E-state index contributed by atoms with van der Waals surface area (Å²) in [6.07, 6.45) is 4.56. The number of amides is 1. The molecular formula is C15H26N4O2. The molecule has 1 aliphatic heterocycles. The van der Waals surface area contributed by atoms with Crippen molar-refractivity contribution < 1.29 is 9.53 Å². The zero-order chi connectivity index (χ0) is 15.5. The summed E-state index contributed by atoms with van der Waals surface area (Å²) in [4.78, 5) is 18.1. The van der Waals surface area contributed by atoms with Crippen molar-refractivity contribution in [2.24, 2.45) is 13.0 Å². The second-order valence-electron chi connectivity index (χ2n) is 6.67. The molecule has 6 nitrogen and oxygen atoms in total. The van der Waals surface area contributed by atoms with Gasteiger partial charge < -0.3 is 19.5 Å². The monoisotopic (exact) mass is 294 g/mol. The van der Waals surface area contributed by atoms with Crippen LogP contribution in [-0.4, -0.2) is 45.8 Å². The lowest BCUT2D eigenvalue weighted by molar-refractivity contribution is 0.0288. The fraction of sp³-hybridized carbons (Fsp3) is 0.733. The van der Waals surface area contributed by atoms with E-state index in [0.717, 1.165) is 38.4 Å². The van der Waals surface area contributed by atoms with E-state index in [-0.39, 0.29) is 6.09 Å². The first kappa shape index (κ1) is 15.8. The molecule has 1 N–H and O–H groups in total. The molecule has 2 heterocycles. The van der Waals surface area contributed by atoms with Crippen LogP contribution in [0.4, 0.5) is 4.79 Å². The Kier molecular flexibility index (Phi) is 4.88. The maximum atomic E-state index is 12.0. The number of likely N-dealkylation sites (tertiary alicyclic amines) is 1. The zero-order valence-corrected chi connectivity index (χ0v) is 13.4. The van der Waals surface area contributed by atoms with Gasteiger partial charge in [0.1, 0.15) is 11.4 Å². The van der Waals surface area contributed by atoms with Gasteiger partial charge in [0.05, 0.1) is 6.54 Å². The van der Waals surface area contributed by atoms with Crippen molar-refractivity contribution in [2.75, 3.05) is 19.6 Å². The Morgan fingerprint density at radius 3 is 2.90 bits per heavy atom. The van der Waals surface area contributed by atoms with Gasteiger partial charge in [0.25, 0.3) is 0 Å². The average Bonchev–Trinajstić information content (AvgIpc) is 2.97. The summed E-state index contributed by atoms with van der Waals surface area (Å²) in [7, 11) is 1.99. The van der Waals surface area contributed by atoms with Crippen LogP contribution in [0.2, 0.25) is 0 Å². The topological polar surface area (TPSA) is 59.4 Å². The van der Waals surface area contributed by atoms with Crippen LogP contribution in [-0.2, 0) is 18.3 Å². The summed E-state index contributed by atoms with van der Waals surface area (Å²) >= 11 is 0. The van der Waals surface area contributed by atoms with Crippen molar-refractivity contribution in [1.29, 1.82) is 0 Å². The maximum absolute atomic E-state index is 12.0. The van der Waals surface area contributed by atoms with Crippen molar-refractivity contribution in [2.45, 2.75) is 39.3 Å². The van der Waals surface area contributed by atoms with Crippen LogP contribution in [0.1, 0.15) is 33.0 Å². The first-order chi connectivity index (χ1) is 9.85. The number of imidazole rings is 1. The van der Waals surface area contributed by atoms with E-state index in [4.69, 9.17) is 4.74 Å². The molecule has 1 aromatic heterocycles. The zero-order valence-electron chi connectivity index (χ0n) is 13.4. The Morgan fingerprint density at radius 1 is 1.52 bits per heavy atom. The van der Waals surface area contributed by atoms with E-state index in [9.17, 15) is 4.79 Å². The lowest BCUT2D eigenvalue weighted by Gasteiger charge is -2.24. The Hall–Kier alpha value is -1.56. The van der Waals surface area contributed by atoms with Crippen molar-refractivity contribution in [1.82, 2.24) is 19.8 Å². The number of hydrogen-bond donors (Lipinski definition) is 1. The molecule has 1 saturated heterocycles. The molecule has 1 fully saturated rings. The third-order valence-electron chi connectivity index (χ3n) is 3.57. The predicted octanol–water partition coefficient (Wildman–Crippen LogP) is 1.77. The predicted molar refractivity (Wildman–Crippen MR) is 80.8 cm³/mol. The lowest BCUT2D eigenvalue weighted by atomic mass is 10.1. The maximum Gasteiger partial charge on any atom is 0.410 e. The molecule has 0 saturated carbocycles. The molecule has 0 spiro atoms. The van der Waals surface area contributed by atoms with E-state index < -0.39 is 5.60 Å². The van der Waals surface area contributed by atoms with E-state index in [1.807, 2.05) is 38.6 Å². The minimum Gasteiger partial charge on any atom is -0.444 e. The van der Waals surface area contributed by atoms with Crippen LogP contribution in [0.25, 0.3) is 0 Å².